The van der Waals surface area contributed by atoms with Crippen LogP contribution in [0.5, 0.6) is 17.2 Å². The lowest BCUT2D eigenvalue weighted by atomic mass is 10.1. The van der Waals surface area contributed by atoms with Crippen molar-refractivity contribution in [3.05, 3.63) is 53.1 Å². The quantitative estimate of drug-likeness (QED) is 0.696. The van der Waals surface area contributed by atoms with Gasteiger partial charge in [-0.05, 0) is 37.1 Å². The van der Waals surface area contributed by atoms with Crippen LogP contribution in [0, 0.1) is 0 Å². The summed E-state index contributed by atoms with van der Waals surface area (Å²) in [4.78, 5) is 15.3. The maximum absolute atomic E-state index is 12.9. The third-order valence-corrected chi connectivity index (χ3v) is 5.37. The largest absolute Gasteiger partial charge is 0.493 e. The van der Waals surface area contributed by atoms with Gasteiger partial charge in [-0.15, -0.1) is 0 Å². The molecule has 0 aromatic heterocycles. The van der Waals surface area contributed by atoms with E-state index in [0.29, 0.717) is 29.4 Å². The molecule has 0 spiro atoms. The Balaban J connectivity index is 1.71. The number of morpholine rings is 1. The van der Waals surface area contributed by atoms with Crippen LogP contribution in [0.15, 0.2) is 36.4 Å². The molecule has 1 amide bonds. The molecule has 1 fully saturated rings. The van der Waals surface area contributed by atoms with Crippen LogP contribution in [0.2, 0.25) is 0 Å². The molecule has 0 saturated carbocycles. The Bertz CT molecular complexity index is 866. The molecule has 0 aliphatic carbocycles. The lowest BCUT2D eigenvalue weighted by molar-refractivity contribution is -0.0705. The van der Waals surface area contributed by atoms with Gasteiger partial charge in [0.2, 0.25) is 5.75 Å². The second-order valence-corrected chi connectivity index (χ2v) is 7.82. The van der Waals surface area contributed by atoms with Gasteiger partial charge in [-0.3, -0.25) is 9.69 Å². The van der Waals surface area contributed by atoms with E-state index in [9.17, 15) is 4.79 Å². The van der Waals surface area contributed by atoms with E-state index in [1.165, 1.54) is 26.9 Å². The number of carbonyl (C=O) groups is 1. The first-order chi connectivity index (χ1) is 14.9. The van der Waals surface area contributed by atoms with Crippen LogP contribution >= 0.6 is 0 Å². The van der Waals surface area contributed by atoms with Crippen LogP contribution in [-0.2, 0) is 17.8 Å². The predicted octanol–water partition coefficient (Wildman–Crippen LogP) is 3.25. The molecule has 1 aliphatic heterocycles. The first kappa shape index (κ1) is 22.9. The Labute approximate surface area is 184 Å². The molecule has 7 heteroatoms. The van der Waals surface area contributed by atoms with Gasteiger partial charge in [-0.2, -0.15) is 0 Å². The van der Waals surface area contributed by atoms with Crippen molar-refractivity contribution in [1.29, 1.82) is 0 Å². The summed E-state index contributed by atoms with van der Waals surface area (Å²) in [6.07, 6.45) is 0.436. The first-order valence-electron chi connectivity index (χ1n) is 10.5. The summed E-state index contributed by atoms with van der Waals surface area (Å²) >= 11 is 0. The van der Waals surface area contributed by atoms with E-state index in [4.69, 9.17) is 18.9 Å². The second kappa shape index (κ2) is 10.5. The SMILES string of the molecule is COc1cc(C(=O)NCc2ccccc2CN2CC(C)OC(C)C2)cc(OC)c1OC. The molecule has 3 rings (SSSR count). The third-order valence-electron chi connectivity index (χ3n) is 5.37. The number of rotatable bonds is 8. The highest BCUT2D eigenvalue weighted by molar-refractivity contribution is 5.95. The Morgan fingerprint density at radius 3 is 2.13 bits per heavy atom. The topological polar surface area (TPSA) is 69.3 Å². The van der Waals surface area contributed by atoms with Crippen molar-refractivity contribution in [2.75, 3.05) is 34.4 Å². The van der Waals surface area contributed by atoms with E-state index in [0.717, 1.165) is 25.2 Å². The summed E-state index contributed by atoms with van der Waals surface area (Å²) in [5, 5.41) is 3.02. The van der Waals surface area contributed by atoms with E-state index in [1.807, 2.05) is 12.1 Å². The highest BCUT2D eigenvalue weighted by atomic mass is 16.5. The van der Waals surface area contributed by atoms with Gasteiger partial charge in [0.1, 0.15) is 0 Å². The van der Waals surface area contributed by atoms with Crippen molar-refractivity contribution >= 4 is 5.91 Å². The number of methoxy groups -OCH3 is 3. The molecule has 168 valence electrons. The number of benzene rings is 2. The zero-order chi connectivity index (χ0) is 22.4. The Kier molecular flexibility index (Phi) is 7.76. The lowest BCUT2D eigenvalue weighted by Gasteiger charge is -2.35. The summed E-state index contributed by atoms with van der Waals surface area (Å²) in [6.45, 7) is 7.26. The third kappa shape index (κ3) is 5.68. The number of carbonyl (C=O) groups excluding carboxylic acids is 1. The molecule has 1 aliphatic rings. The fraction of sp³-hybridized carbons (Fsp3) is 0.458. The number of nitrogens with one attached hydrogen (secondary N) is 1. The molecule has 0 bridgehead atoms. The summed E-state index contributed by atoms with van der Waals surface area (Å²) in [5.41, 5.74) is 2.74. The number of hydrogen-bond donors (Lipinski definition) is 1. The normalized spacial score (nSPS) is 19.0. The van der Waals surface area contributed by atoms with E-state index in [-0.39, 0.29) is 18.1 Å². The average Bonchev–Trinajstić information content (AvgIpc) is 2.76. The standard InChI is InChI=1S/C24H32N2O5/c1-16-13-26(14-17(2)31-16)15-19-9-7-6-8-18(19)12-25-24(27)20-10-21(28-3)23(30-5)22(11-20)29-4/h6-11,16-17H,12-15H2,1-5H3,(H,25,27). The molecule has 0 radical (unpaired) electrons. The Morgan fingerprint density at radius 1 is 1.00 bits per heavy atom. The van der Waals surface area contributed by atoms with Crippen LogP contribution < -0.4 is 19.5 Å². The molecular formula is C24H32N2O5. The minimum atomic E-state index is -0.206. The van der Waals surface area contributed by atoms with E-state index >= 15 is 0 Å². The van der Waals surface area contributed by atoms with Crippen LogP contribution in [0.4, 0.5) is 0 Å². The second-order valence-electron chi connectivity index (χ2n) is 7.82. The van der Waals surface area contributed by atoms with Crippen LogP contribution in [0.25, 0.3) is 0 Å². The van der Waals surface area contributed by atoms with Gasteiger partial charge in [-0.1, -0.05) is 24.3 Å². The van der Waals surface area contributed by atoms with Gasteiger partial charge in [0.05, 0.1) is 33.5 Å². The summed E-state index contributed by atoms with van der Waals surface area (Å²) in [6, 6.07) is 11.5. The minimum absolute atomic E-state index is 0.206. The van der Waals surface area contributed by atoms with Crippen molar-refractivity contribution in [3.63, 3.8) is 0 Å². The zero-order valence-electron chi connectivity index (χ0n) is 18.9. The summed E-state index contributed by atoms with van der Waals surface area (Å²) in [7, 11) is 4.60. The van der Waals surface area contributed by atoms with Crippen LogP contribution in [0.1, 0.15) is 35.3 Å². The van der Waals surface area contributed by atoms with Crippen LogP contribution in [0.3, 0.4) is 0 Å². The molecule has 1 saturated heterocycles. The highest BCUT2D eigenvalue weighted by Crippen LogP contribution is 2.38. The fourth-order valence-electron chi connectivity index (χ4n) is 4.03. The van der Waals surface area contributed by atoms with Crippen LogP contribution in [-0.4, -0.2) is 57.4 Å². The maximum Gasteiger partial charge on any atom is 0.251 e. The number of amides is 1. The van der Waals surface area contributed by atoms with Crippen molar-refractivity contribution in [2.24, 2.45) is 0 Å². The predicted molar refractivity (Wildman–Crippen MR) is 119 cm³/mol. The lowest BCUT2D eigenvalue weighted by Crippen LogP contribution is -2.45. The van der Waals surface area contributed by atoms with E-state index in [1.54, 1.807) is 12.1 Å². The highest BCUT2D eigenvalue weighted by Gasteiger charge is 2.23. The zero-order valence-corrected chi connectivity index (χ0v) is 18.9. The molecule has 2 aromatic carbocycles. The van der Waals surface area contributed by atoms with E-state index in [2.05, 4.69) is 36.2 Å². The van der Waals surface area contributed by atoms with Crippen molar-refractivity contribution in [2.45, 2.75) is 39.1 Å². The van der Waals surface area contributed by atoms with Gasteiger partial charge in [0, 0.05) is 31.7 Å². The molecular weight excluding hydrogens is 396 g/mol. The van der Waals surface area contributed by atoms with Gasteiger partial charge in [0.15, 0.2) is 11.5 Å². The van der Waals surface area contributed by atoms with Crippen molar-refractivity contribution in [3.8, 4) is 17.2 Å². The minimum Gasteiger partial charge on any atom is -0.493 e. The van der Waals surface area contributed by atoms with Gasteiger partial charge < -0.3 is 24.3 Å². The van der Waals surface area contributed by atoms with Gasteiger partial charge in [0.25, 0.3) is 5.91 Å². The molecule has 31 heavy (non-hydrogen) atoms. The molecule has 7 nitrogen and oxygen atoms in total. The molecule has 2 atom stereocenters. The van der Waals surface area contributed by atoms with Gasteiger partial charge >= 0.3 is 0 Å². The first-order valence-corrected chi connectivity index (χ1v) is 10.5. The Hall–Kier alpha value is -2.77. The van der Waals surface area contributed by atoms with Gasteiger partial charge in [-0.25, -0.2) is 0 Å². The molecule has 2 aromatic rings. The number of nitrogens with zero attached hydrogens (tertiary/aromatic N) is 1. The summed E-state index contributed by atoms with van der Waals surface area (Å²) in [5.74, 6) is 1.15. The maximum atomic E-state index is 12.9. The van der Waals surface area contributed by atoms with E-state index < -0.39 is 0 Å². The number of hydrogen-bond acceptors (Lipinski definition) is 6. The number of ether oxygens (including phenoxy) is 4. The smallest absolute Gasteiger partial charge is 0.251 e. The van der Waals surface area contributed by atoms with Crippen molar-refractivity contribution in [1.82, 2.24) is 10.2 Å². The summed E-state index contributed by atoms with van der Waals surface area (Å²) < 4.78 is 21.9. The molecule has 1 N–H and O–H groups in total. The Morgan fingerprint density at radius 2 is 1.58 bits per heavy atom. The monoisotopic (exact) mass is 428 g/mol. The molecule has 2 unspecified atom stereocenters. The average molecular weight is 429 g/mol. The fourth-order valence-corrected chi connectivity index (χ4v) is 4.03. The van der Waals surface area contributed by atoms with Crippen molar-refractivity contribution < 1.29 is 23.7 Å². The molecule has 1 heterocycles.